The first-order valence-corrected chi connectivity index (χ1v) is 13.4. The van der Waals surface area contributed by atoms with Crippen LogP contribution in [0.3, 0.4) is 0 Å². The molecule has 0 radical (unpaired) electrons. The van der Waals surface area contributed by atoms with Crippen molar-refractivity contribution in [3.05, 3.63) is 80.4 Å². The molecule has 1 aliphatic rings. The van der Waals surface area contributed by atoms with E-state index in [1.54, 1.807) is 16.2 Å². The Bertz CT molecular complexity index is 1740. The molecule has 2 aromatic carbocycles. The lowest BCUT2D eigenvalue weighted by molar-refractivity contribution is 0.0865. The smallest absolute Gasteiger partial charge is 0.330 e. The fourth-order valence-corrected chi connectivity index (χ4v) is 5.29. The molecule has 0 aliphatic carbocycles. The van der Waals surface area contributed by atoms with Gasteiger partial charge in [-0.05, 0) is 68.2 Å². The minimum absolute atomic E-state index is 0.107. The number of nitrogens with one attached hydrogen (secondary N) is 1. The van der Waals surface area contributed by atoms with Crippen LogP contribution in [0.25, 0.3) is 11.3 Å². The summed E-state index contributed by atoms with van der Waals surface area (Å²) in [5.74, 6) is 0.694. The summed E-state index contributed by atoms with van der Waals surface area (Å²) in [6.07, 6.45) is 1.80. The van der Waals surface area contributed by atoms with E-state index in [9.17, 15) is 14.8 Å². The molecule has 0 saturated heterocycles. The second-order valence-corrected chi connectivity index (χ2v) is 9.94. The summed E-state index contributed by atoms with van der Waals surface area (Å²) < 4.78 is 14.7. The number of hydrogen-bond acceptors (Lipinski definition) is 8. The number of methoxy groups -OCH3 is 1. The van der Waals surface area contributed by atoms with Crippen LogP contribution in [-0.2, 0) is 19.5 Å². The fraction of sp³-hybridized carbons (Fsp3) is 0.345. The maximum absolute atomic E-state index is 14.0. The number of ether oxygens (including phenoxy) is 2. The molecule has 5 rings (SSSR count). The average Bonchev–Trinajstić information content (AvgIpc) is 3.37. The van der Waals surface area contributed by atoms with Gasteiger partial charge in [0.2, 0.25) is 0 Å². The number of aryl methyl sites for hydroxylation is 4. The molecule has 2 N–H and O–H groups in total. The quantitative estimate of drug-likeness (QED) is 0.317. The highest BCUT2D eigenvalue weighted by molar-refractivity contribution is 5.91. The van der Waals surface area contributed by atoms with E-state index in [4.69, 9.17) is 14.5 Å². The van der Waals surface area contributed by atoms with Gasteiger partial charge in [-0.3, -0.25) is 13.9 Å². The SMILES string of the molecule is CCOc1cc2c(cc1OC)-c1cc(=Nc3c(C)cc(C)cc3C)n(CCNC(=O)c3cnnn3O)c(=O)n1CC2. The molecule has 41 heavy (non-hydrogen) atoms. The standard InChI is InChI=1S/C29H33N7O5/c1-6-41-25-13-20-7-9-34-22(21(20)14-24(25)40-5)15-26(32-27-18(3)11-17(2)12-19(27)4)35(29(34)38)10-8-30-28(37)23-16-31-33-36(23)39/h11-16,39H,6-10H2,1-5H3,(H,30,37). The summed E-state index contributed by atoms with van der Waals surface area (Å²) in [6.45, 7) is 9.20. The Hall–Kier alpha value is -4.87. The number of aromatic nitrogens is 5. The van der Waals surface area contributed by atoms with Crippen molar-refractivity contribution in [3.63, 3.8) is 0 Å². The summed E-state index contributed by atoms with van der Waals surface area (Å²) in [7, 11) is 1.59. The van der Waals surface area contributed by atoms with Crippen LogP contribution in [-0.4, -0.2) is 55.7 Å². The Labute approximate surface area is 236 Å². The maximum atomic E-state index is 14.0. The molecule has 2 aromatic heterocycles. The van der Waals surface area contributed by atoms with Crippen LogP contribution in [0.4, 0.5) is 5.69 Å². The third-order valence-corrected chi connectivity index (χ3v) is 7.11. The minimum Gasteiger partial charge on any atom is -0.493 e. The van der Waals surface area contributed by atoms with Gasteiger partial charge in [0.25, 0.3) is 5.91 Å². The van der Waals surface area contributed by atoms with Crippen LogP contribution in [0.15, 0.2) is 46.3 Å². The van der Waals surface area contributed by atoms with Crippen molar-refractivity contribution < 1.29 is 19.5 Å². The fourth-order valence-electron chi connectivity index (χ4n) is 5.29. The van der Waals surface area contributed by atoms with Gasteiger partial charge in [-0.2, -0.15) is 0 Å². The molecule has 4 aromatic rings. The minimum atomic E-state index is -0.564. The van der Waals surface area contributed by atoms with E-state index in [-0.39, 0.29) is 24.5 Å². The number of benzene rings is 2. The Kier molecular flexibility index (Phi) is 7.64. The van der Waals surface area contributed by atoms with E-state index in [1.807, 2.05) is 45.9 Å². The number of nitrogens with zero attached hydrogens (tertiary/aromatic N) is 6. The van der Waals surface area contributed by atoms with E-state index in [1.165, 1.54) is 0 Å². The van der Waals surface area contributed by atoms with Gasteiger partial charge in [-0.15, -0.1) is 5.10 Å². The van der Waals surface area contributed by atoms with Crippen molar-refractivity contribution in [2.24, 2.45) is 4.99 Å². The van der Waals surface area contributed by atoms with Crippen LogP contribution in [0.2, 0.25) is 0 Å². The number of hydrogen-bond donors (Lipinski definition) is 2. The Morgan fingerprint density at radius 1 is 1.12 bits per heavy atom. The second-order valence-electron chi connectivity index (χ2n) is 9.94. The van der Waals surface area contributed by atoms with Crippen LogP contribution in [0, 0.1) is 20.8 Å². The zero-order chi connectivity index (χ0) is 29.3. The van der Waals surface area contributed by atoms with Crippen molar-refractivity contribution in [1.29, 1.82) is 0 Å². The molecule has 0 bridgehead atoms. The highest BCUT2D eigenvalue weighted by Crippen LogP contribution is 2.37. The lowest BCUT2D eigenvalue weighted by atomic mass is 9.97. The molecule has 12 heteroatoms. The van der Waals surface area contributed by atoms with E-state index in [0.717, 1.165) is 45.4 Å². The van der Waals surface area contributed by atoms with Gasteiger partial charge >= 0.3 is 5.69 Å². The predicted molar refractivity (Wildman–Crippen MR) is 151 cm³/mol. The maximum Gasteiger partial charge on any atom is 0.330 e. The largest absolute Gasteiger partial charge is 0.493 e. The molecule has 0 saturated carbocycles. The Morgan fingerprint density at radius 2 is 1.88 bits per heavy atom. The third kappa shape index (κ3) is 5.32. The Balaban J connectivity index is 1.63. The van der Waals surface area contributed by atoms with Crippen LogP contribution in [0.1, 0.15) is 39.7 Å². The van der Waals surface area contributed by atoms with Gasteiger partial charge < -0.3 is 20.0 Å². The lowest BCUT2D eigenvalue weighted by Crippen LogP contribution is -2.44. The van der Waals surface area contributed by atoms with E-state index in [0.29, 0.717) is 41.4 Å². The van der Waals surface area contributed by atoms with Crippen LogP contribution < -0.4 is 26.0 Å². The van der Waals surface area contributed by atoms with E-state index < -0.39 is 5.91 Å². The molecule has 12 nitrogen and oxygen atoms in total. The summed E-state index contributed by atoms with van der Waals surface area (Å²) >= 11 is 0. The van der Waals surface area contributed by atoms with Gasteiger partial charge in [0.15, 0.2) is 17.2 Å². The number of rotatable bonds is 8. The molecule has 1 amide bonds. The molecular weight excluding hydrogens is 526 g/mol. The normalized spacial score (nSPS) is 12.6. The first-order chi connectivity index (χ1) is 19.7. The van der Waals surface area contributed by atoms with Crippen LogP contribution >= 0.6 is 0 Å². The highest BCUT2D eigenvalue weighted by atomic mass is 16.5. The number of carbonyl (C=O) groups excluding carboxylic acids is 1. The molecule has 0 unspecified atom stereocenters. The van der Waals surface area contributed by atoms with Gasteiger partial charge in [-0.1, -0.05) is 22.5 Å². The topological polar surface area (TPSA) is 138 Å². The zero-order valence-electron chi connectivity index (χ0n) is 23.8. The molecule has 0 spiro atoms. The van der Waals surface area contributed by atoms with E-state index >= 15 is 0 Å². The first-order valence-electron chi connectivity index (χ1n) is 13.4. The van der Waals surface area contributed by atoms with Gasteiger partial charge in [0, 0.05) is 31.3 Å². The van der Waals surface area contributed by atoms with Gasteiger partial charge in [0.05, 0.1) is 31.3 Å². The molecule has 214 valence electrons. The second kappa shape index (κ2) is 11.3. The summed E-state index contributed by atoms with van der Waals surface area (Å²) in [5, 5.41) is 19.2. The van der Waals surface area contributed by atoms with Crippen molar-refractivity contribution >= 4 is 11.6 Å². The molecular formula is C29H33N7O5. The highest BCUT2D eigenvalue weighted by Gasteiger charge is 2.23. The average molecular weight is 560 g/mol. The number of carbonyl (C=O) groups is 1. The van der Waals surface area contributed by atoms with Gasteiger partial charge in [-0.25, -0.2) is 9.79 Å². The molecule has 3 heterocycles. The van der Waals surface area contributed by atoms with Gasteiger partial charge in [0.1, 0.15) is 5.49 Å². The summed E-state index contributed by atoms with van der Waals surface area (Å²) in [4.78, 5) is 31.9. The van der Waals surface area contributed by atoms with Crippen molar-refractivity contribution in [2.45, 2.75) is 47.2 Å². The summed E-state index contributed by atoms with van der Waals surface area (Å²) in [6, 6.07) is 9.92. The molecule has 1 aliphatic heterocycles. The number of amides is 1. The van der Waals surface area contributed by atoms with Crippen molar-refractivity contribution in [2.75, 3.05) is 20.3 Å². The van der Waals surface area contributed by atoms with E-state index in [2.05, 4.69) is 27.8 Å². The zero-order valence-corrected chi connectivity index (χ0v) is 23.8. The molecule has 0 atom stereocenters. The lowest BCUT2D eigenvalue weighted by Gasteiger charge is -2.25. The predicted octanol–water partition coefficient (Wildman–Crippen LogP) is 2.70. The monoisotopic (exact) mass is 559 g/mol. The first kappa shape index (κ1) is 27.7. The van der Waals surface area contributed by atoms with Crippen molar-refractivity contribution in [3.8, 4) is 22.8 Å². The third-order valence-electron chi connectivity index (χ3n) is 7.11. The van der Waals surface area contributed by atoms with Crippen molar-refractivity contribution in [1.82, 2.24) is 29.6 Å². The summed E-state index contributed by atoms with van der Waals surface area (Å²) in [5.41, 5.74) is 6.68. The molecule has 0 fully saturated rings. The Morgan fingerprint density at radius 3 is 2.54 bits per heavy atom. The number of fused-ring (bicyclic) bond motifs is 3. The van der Waals surface area contributed by atoms with Crippen LogP contribution in [0.5, 0.6) is 11.5 Å².